The minimum atomic E-state index is -3.82. The Bertz CT molecular complexity index is 1370. The predicted molar refractivity (Wildman–Crippen MR) is 138 cm³/mol. The summed E-state index contributed by atoms with van der Waals surface area (Å²) in [6.07, 6.45) is 2.51. The average molecular weight is 519 g/mol. The lowest BCUT2D eigenvalue weighted by Crippen LogP contribution is -2.39. The highest BCUT2D eigenvalue weighted by molar-refractivity contribution is 7.92. The molecule has 0 aliphatic carbocycles. The summed E-state index contributed by atoms with van der Waals surface area (Å²) in [6, 6.07) is 14.1. The number of aromatic nitrogens is 1. The van der Waals surface area contributed by atoms with E-state index in [0.29, 0.717) is 10.8 Å². The number of para-hydroxylation sites is 1. The van der Waals surface area contributed by atoms with E-state index in [0.717, 1.165) is 33.2 Å². The Hall–Kier alpha value is -3.50. The first kappa shape index (κ1) is 26.1. The molecular weight excluding hydrogens is 492 g/mol. The third-order valence-corrected chi connectivity index (χ3v) is 6.74. The number of rotatable bonds is 9. The zero-order valence-electron chi connectivity index (χ0n) is 20.1. The van der Waals surface area contributed by atoms with Crippen molar-refractivity contribution >= 4 is 39.4 Å². The van der Waals surface area contributed by atoms with Crippen LogP contribution in [-0.2, 0) is 14.8 Å². The minimum absolute atomic E-state index is 0.178. The Labute approximate surface area is 210 Å². The van der Waals surface area contributed by atoms with Crippen LogP contribution < -0.4 is 19.2 Å². The lowest BCUT2D eigenvalue weighted by Gasteiger charge is -2.23. The van der Waals surface area contributed by atoms with Crippen LogP contribution in [0.25, 0.3) is 5.69 Å². The van der Waals surface area contributed by atoms with E-state index in [1.54, 1.807) is 12.1 Å². The van der Waals surface area contributed by atoms with Gasteiger partial charge in [0.05, 0.1) is 43.1 Å². The second kappa shape index (κ2) is 10.8. The zero-order valence-corrected chi connectivity index (χ0v) is 21.6. The van der Waals surface area contributed by atoms with Crippen LogP contribution in [0.3, 0.4) is 0 Å². The van der Waals surface area contributed by atoms with Crippen LogP contribution in [0.4, 0.5) is 5.69 Å². The molecule has 0 saturated carbocycles. The number of carbonyl (C=O) groups excluding carboxylic acids is 1. The number of methoxy groups -OCH3 is 2. The number of aryl methyl sites for hydroxylation is 1. The van der Waals surface area contributed by atoms with Crippen molar-refractivity contribution in [2.45, 2.75) is 13.8 Å². The highest BCUT2D eigenvalue weighted by Gasteiger charge is 2.24. The molecule has 3 aromatic rings. The van der Waals surface area contributed by atoms with Crippen molar-refractivity contribution in [3.05, 3.63) is 70.5 Å². The third-order valence-electron chi connectivity index (χ3n) is 5.30. The lowest BCUT2D eigenvalue weighted by molar-refractivity contribution is -0.119. The SMILES string of the molecule is COc1ccc(OC)c(N(CC(=O)N/N=C/c2cc(C)n(-c3ccccc3Cl)c2C)S(C)(=O)=O)c1. The standard InChI is InChI=1S/C24H27ClN4O5S/c1-16-12-18(17(2)29(16)21-9-7-6-8-20(21)25)14-26-27-24(30)15-28(35(5,31)32)22-13-19(33-3)10-11-23(22)34-4/h6-14H,15H2,1-5H3,(H,27,30)/b26-14+. The molecular formula is C24H27ClN4O5S. The molecule has 0 saturated heterocycles. The zero-order chi connectivity index (χ0) is 25.8. The summed E-state index contributed by atoms with van der Waals surface area (Å²) in [7, 11) is -0.952. The van der Waals surface area contributed by atoms with Gasteiger partial charge in [-0.25, -0.2) is 13.8 Å². The van der Waals surface area contributed by atoms with Crippen molar-refractivity contribution in [3.63, 3.8) is 0 Å². The van der Waals surface area contributed by atoms with E-state index in [9.17, 15) is 13.2 Å². The maximum absolute atomic E-state index is 12.6. The summed E-state index contributed by atoms with van der Waals surface area (Å²) in [5, 5.41) is 4.64. The van der Waals surface area contributed by atoms with Crippen molar-refractivity contribution in [2.24, 2.45) is 5.10 Å². The number of hydrogen-bond acceptors (Lipinski definition) is 6. The van der Waals surface area contributed by atoms with E-state index in [4.69, 9.17) is 21.1 Å². The third kappa shape index (κ3) is 5.95. The normalized spacial score (nSPS) is 11.5. The first-order chi connectivity index (χ1) is 16.6. The number of amides is 1. The van der Waals surface area contributed by atoms with Gasteiger partial charge in [-0.3, -0.25) is 9.10 Å². The summed E-state index contributed by atoms with van der Waals surface area (Å²) < 4.78 is 38.3. The number of sulfonamides is 1. The van der Waals surface area contributed by atoms with Crippen molar-refractivity contribution in [1.82, 2.24) is 9.99 Å². The van der Waals surface area contributed by atoms with Crippen LogP contribution in [0.15, 0.2) is 53.6 Å². The van der Waals surface area contributed by atoms with Gasteiger partial charge in [0.25, 0.3) is 5.91 Å². The van der Waals surface area contributed by atoms with Gasteiger partial charge in [-0.05, 0) is 44.2 Å². The topological polar surface area (TPSA) is 102 Å². The Morgan fingerprint density at radius 2 is 1.86 bits per heavy atom. The fourth-order valence-electron chi connectivity index (χ4n) is 3.63. The molecule has 9 nitrogen and oxygen atoms in total. The molecule has 0 aliphatic heterocycles. The van der Waals surface area contributed by atoms with Crippen molar-refractivity contribution in [2.75, 3.05) is 31.3 Å². The number of hydrogen-bond donors (Lipinski definition) is 1. The fraction of sp³-hybridized carbons (Fsp3) is 0.250. The van der Waals surface area contributed by atoms with Gasteiger partial charge in [-0.15, -0.1) is 0 Å². The number of ether oxygens (including phenoxy) is 2. The Morgan fingerprint density at radius 3 is 2.49 bits per heavy atom. The van der Waals surface area contributed by atoms with E-state index in [1.165, 1.54) is 26.5 Å². The van der Waals surface area contributed by atoms with Gasteiger partial charge in [0.1, 0.15) is 18.0 Å². The van der Waals surface area contributed by atoms with Gasteiger partial charge < -0.3 is 14.0 Å². The monoisotopic (exact) mass is 518 g/mol. The van der Waals surface area contributed by atoms with Crippen LogP contribution in [0.1, 0.15) is 17.0 Å². The smallest absolute Gasteiger partial charge is 0.260 e. The maximum Gasteiger partial charge on any atom is 0.260 e. The maximum atomic E-state index is 12.6. The molecule has 1 amide bonds. The second-order valence-corrected chi connectivity index (χ2v) is 10.0. The Kier molecular flexibility index (Phi) is 8.08. The van der Waals surface area contributed by atoms with Crippen LogP contribution in [0.2, 0.25) is 5.02 Å². The molecule has 0 unspecified atom stereocenters. The molecule has 3 rings (SSSR count). The molecule has 1 aromatic heterocycles. The molecule has 0 bridgehead atoms. The van der Waals surface area contributed by atoms with E-state index in [2.05, 4.69) is 10.5 Å². The van der Waals surface area contributed by atoms with E-state index < -0.39 is 22.5 Å². The van der Waals surface area contributed by atoms with Gasteiger partial charge in [-0.2, -0.15) is 5.10 Å². The molecule has 0 atom stereocenters. The van der Waals surface area contributed by atoms with E-state index in [-0.39, 0.29) is 11.4 Å². The number of carbonyl (C=O) groups is 1. The number of halogens is 1. The van der Waals surface area contributed by atoms with Crippen molar-refractivity contribution in [3.8, 4) is 17.2 Å². The molecule has 0 aliphatic rings. The molecule has 11 heteroatoms. The molecule has 1 N–H and O–H groups in total. The van der Waals surface area contributed by atoms with Crippen LogP contribution >= 0.6 is 11.6 Å². The largest absolute Gasteiger partial charge is 0.497 e. The highest BCUT2D eigenvalue weighted by atomic mass is 35.5. The van der Waals surface area contributed by atoms with Crippen molar-refractivity contribution in [1.29, 1.82) is 0 Å². The molecule has 0 spiro atoms. The molecule has 1 heterocycles. The molecule has 35 heavy (non-hydrogen) atoms. The first-order valence-corrected chi connectivity index (χ1v) is 12.7. The van der Waals surface area contributed by atoms with Crippen LogP contribution in [0, 0.1) is 13.8 Å². The van der Waals surface area contributed by atoms with Gasteiger partial charge in [0.15, 0.2) is 0 Å². The van der Waals surface area contributed by atoms with E-state index in [1.807, 2.05) is 48.7 Å². The van der Waals surface area contributed by atoms with Gasteiger partial charge in [-0.1, -0.05) is 23.7 Å². The Balaban J connectivity index is 1.80. The molecule has 2 aromatic carbocycles. The van der Waals surface area contributed by atoms with E-state index >= 15 is 0 Å². The average Bonchev–Trinajstić information content (AvgIpc) is 3.09. The number of hydrazone groups is 1. The van der Waals surface area contributed by atoms with Crippen LogP contribution in [0.5, 0.6) is 11.5 Å². The Morgan fingerprint density at radius 1 is 1.14 bits per heavy atom. The lowest BCUT2D eigenvalue weighted by atomic mass is 10.2. The number of benzene rings is 2. The quantitative estimate of drug-likeness (QED) is 0.344. The van der Waals surface area contributed by atoms with Gasteiger partial charge in [0, 0.05) is 23.0 Å². The second-order valence-electron chi connectivity index (χ2n) is 7.71. The van der Waals surface area contributed by atoms with Gasteiger partial charge in [0.2, 0.25) is 10.0 Å². The van der Waals surface area contributed by atoms with Crippen molar-refractivity contribution < 1.29 is 22.7 Å². The first-order valence-electron chi connectivity index (χ1n) is 10.5. The van der Waals surface area contributed by atoms with Crippen LogP contribution in [-0.4, -0.2) is 52.1 Å². The summed E-state index contributed by atoms with van der Waals surface area (Å²) in [4.78, 5) is 12.6. The van der Waals surface area contributed by atoms with Gasteiger partial charge >= 0.3 is 0 Å². The minimum Gasteiger partial charge on any atom is -0.497 e. The highest BCUT2D eigenvalue weighted by Crippen LogP contribution is 2.33. The molecule has 186 valence electrons. The fourth-order valence-corrected chi connectivity index (χ4v) is 4.71. The molecule has 0 radical (unpaired) electrons. The summed E-state index contributed by atoms with van der Waals surface area (Å²) in [5.41, 5.74) is 6.01. The predicted octanol–water partition coefficient (Wildman–Crippen LogP) is 3.68. The number of nitrogens with one attached hydrogen (secondary N) is 1. The number of anilines is 1. The molecule has 0 fully saturated rings. The summed E-state index contributed by atoms with van der Waals surface area (Å²) >= 11 is 6.35. The number of nitrogens with zero attached hydrogens (tertiary/aromatic N) is 3. The summed E-state index contributed by atoms with van der Waals surface area (Å²) in [5.74, 6) is 0.0674. The summed E-state index contributed by atoms with van der Waals surface area (Å²) in [6.45, 7) is 3.36.